The summed E-state index contributed by atoms with van der Waals surface area (Å²) in [6, 6.07) is 10.1. The Morgan fingerprint density at radius 1 is 1.27 bits per heavy atom. The Morgan fingerprint density at radius 2 is 1.95 bits per heavy atom. The Morgan fingerprint density at radius 3 is 2.59 bits per heavy atom. The highest BCUT2D eigenvalue weighted by molar-refractivity contribution is 8.00. The number of benzene rings is 2. The van der Waals surface area contributed by atoms with Crippen molar-refractivity contribution in [3.8, 4) is 0 Å². The lowest BCUT2D eigenvalue weighted by atomic mass is 10.2. The van der Waals surface area contributed by atoms with Crippen molar-refractivity contribution < 1.29 is 14.1 Å². The minimum atomic E-state index is -0.512. The number of anilines is 1. The van der Waals surface area contributed by atoms with E-state index in [-0.39, 0.29) is 23.2 Å². The maximum absolute atomic E-state index is 12.8. The van der Waals surface area contributed by atoms with Crippen molar-refractivity contribution in [2.24, 2.45) is 0 Å². The van der Waals surface area contributed by atoms with Crippen molar-refractivity contribution >= 4 is 29.0 Å². The predicted molar refractivity (Wildman–Crippen MR) is 83.6 cm³/mol. The van der Waals surface area contributed by atoms with Crippen LogP contribution < -0.4 is 5.32 Å². The van der Waals surface area contributed by atoms with Gasteiger partial charge >= 0.3 is 0 Å². The Labute approximate surface area is 130 Å². The van der Waals surface area contributed by atoms with Crippen molar-refractivity contribution in [2.75, 3.05) is 11.1 Å². The van der Waals surface area contributed by atoms with Crippen LogP contribution in [0.25, 0.3) is 0 Å². The van der Waals surface area contributed by atoms with Gasteiger partial charge in [0, 0.05) is 17.0 Å². The van der Waals surface area contributed by atoms with E-state index in [0.717, 1.165) is 10.5 Å². The summed E-state index contributed by atoms with van der Waals surface area (Å²) >= 11 is 1.26. The van der Waals surface area contributed by atoms with Gasteiger partial charge < -0.3 is 5.32 Å². The zero-order chi connectivity index (χ0) is 16.1. The van der Waals surface area contributed by atoms with E-state index in [4.69, 9.17) is 0 Å². The van der Waals surface area contributed by atoms with Gasteiger partial charge in [-0.05, 0) is 36.8 Å². The number of amides is 1. The summed E-state index contributed by atoms with van der Waals surface area (Å²) in [4.78, 5) is 22.9. The van der Waals surface area contributed by atoms with Crippen molar-refractivity contribution in [3.05, 3.63) is 64.0 Å². The van der Waals surface area contributed by atoms with Crippen molar-refractivity contribution in [2.45, 2.75) is 11.8 Å². The Hall–Kier alpha value is -2.41. The monoisotopic (exact) mass is 320 g/mol. The van der Waals surface area contributed by atoms with Gasteiger partial charge in [-0.1, -0.05) is 6.07 Å². The van der Waals surface area contributed by atoms with E-state index in [2.05, 4.69) is 5.32 Å². The molecule has 2 aromatic rings. The molecule has 0 radical (unpaired) electrons. The number of nitrogens with zero attached hydrogens (tertiary/aromatic N) is 1. The first-order valence-electron chi connectivity index (χ1n) is 6.39. The van der Waals surface area contributed by atoms with Crippen LogP contribution in [0.4, 0.5) is 15.8 Å². The van der Waals surface area contributed by atoms with E-state index >= 15 is 0 Å². The fraction of sp³-hybridized carbons (Fsp3) is 0.133. The standard InChI is InChI=1S/C15H13FN2O3S/c1-10-2-5-12(18(20)21)8-14(10)17-15(19)9-22-13-6-3-11(16)4-7-13/h2-8H,9H2,1H3,(H,17,19). The van der Waals surface area contributed by atoms with Crippen LogP contribution in [-0.4, -0.2) is 16.6 Å². The van der Waals surface area contributed by atoms with Gasteiger partial charge in [-0.25, -0.2) is 4.39 Å². The quantitative estimate of drug-likeness (QED) is 0.517. The molecule has 2 aromatic carbocycles. The minimum absolute atomic E-state index is 0.0768. The predicted octanol–water partition coefficient (Wildman–Crippen LogP) is 3.77. The van der Waals surface area contributed by atoms with Crippen molar-refractivity contribution in [1.29, 1.82) is 0 Å². The molecule has 0 aliphatic rings. The Balaban J connectivity index is 1.98. The molecular formula is C15H13FN2O3S. The second-order valence-electron chi connectivity index (χ2n) is 4.55. The van der Waals surface area contributed by atoms with E-state index < -0.39 is 4.92 Å². The van der Waals surface area contributed by atoms with Crippen LogP contribution in [0.15, 0.2) is 47.4 Å². The molecule has 0 fully saturated rings. The van der Waals surface area contributed by atoms with Crippen LogP contribution in [0.3, 0.4) is 0 Å². The summed E-state index contributed by atoms with van der Waals surface area (Å²) < 4.78 is 12.8. The summed E-state index contributed by atoms with van der Waals surface area (Å²) in [5.74, 6) is -0.479. The topological polar surface area (TPSA) is 72.2 Å². The molecule has 1 amide bonds. The average Bonchev–Trinajstić information content (AvgIpc) is 2.48. The highest BCUT2D eigenvalue weighted by Gasteiger charge is 2.11. The van der Waals surface area contributed by atoms with Crippen LogP contribution in [0.5, 0.6) is 0 Å². The Kier molecular flexibility index (Phi) is 5.11. The normalized spacial score (nSPS) is 10.3. The number of nitro benzene ring substituents is 1. The van der Waals surface area contributed by atoms with Gasteiger partial charge in [0.15, 0.2) is 0 Å². The first kappa shape index (κ1) is 16.0. The largest absolute Gasteiger partial charge is 0.325 e. The number of hydrogen-bond donors (Lipinski definition) is 1. The van der Waals surface area contributed by atoms with Gasteiger partial charge in [0.2, 0.25) is 5.91 Å². The average molecular weight is 320 g/mol. The number of non-ortho nitro benzene ring substituents is 1. The third-order valence-corrected chi connectivity index (χ3v) is 3.90. The first-order chi connectivity index (χ1) is 10.5. The number of rotatable bonds is 5. The van der Waals surface area contributed by atoms with E-state index in [9.17, 15) is 19.3 Å². The van der Waals surface area contributed by atoms with Gasteiger partial charge in [-0.3, -0.25) is 14.9 Å². The zero-order valence-corrected chi connectivity index (χ0v) is 12.5. The fourth-order valence-corrected chi connectivity index (χ4v) is 2.42. The molecular weight excluding hydrogens is 307 g/mol. The number of carbonyl (C=O) groups excluding carboxylic acids is 1. The van der Waals surface area contributed by atoms with Crippen LogP contribution >= 0.6 is 11.8 Å². The molecule has 0 spiro atoms. The van der Waals surface area contributed by atoms with Gasteiger partial charge in [0.1, 0.15) is 5.82 Å². The third kappa shape index (κ3) is 4.29. The summed E-state index contributed by atoms with van der Waals surface area (Å²) in [5.41, 5.74) is 1.08. The molecule has 0 saturated carbocycles. The summed E-state index contributed by atoms with van der Waals surface area (Å²) in [6.07, 6.45) is 0. The molecule has 5 nitrogen and oxygen atoms in total. The zero-order valence-electron chi connectivity index (χ0n) is 11.7. The van der Waals surface area contributed by atoms with Crippen LogP contribution in [-0.2, 0) is 4.79 Å². The number of hydrogen-bond acceptors (Lipinski definition) is 4. The molecule has 1 N–H and O–H groups in total. The maximum atomic E-state index is 12.8. The smallest absolute Gasteiger partial charge is 0.271 e. The van der Waals surface area contributed by atoms with E-state index in [1.807, 2.05) is 0 Å². The van der Waals surface area contributed by atoms with Crippen molar-refractivity contribution in [3.63, 3.8) is 0 Å². The number of carbonyl (C=O) groups is 1. The first-order valence-corrected chi connectivity index (χ1v) is 7.37. The second kappa shape index (κ2) is 7.04. The number of halogens is 1. The van der Waals surface area contributed by atoms with Crippen LogP contribution in [0.1, 0.15) is 5.56 Å². The summed E-state index contributed by atoms with van der Waals surface area (Å²) in [5, 5.41) is 13.4. The number of thioether (sulfide) groups is 1. The molecule has 0 unspecified atom stereocenters. The lowest BCUT2D eigenvalue weighted by Gasteiger charge is -2.08. The van der Waals surface area contributed by atoms with Crippen molar-refractivity contribution in [1.82, 2.24) is 0 Å². The molecule has 0 heterocycles. The number of nitrogens with one attached hydrogen (secondary N) is 1. The van der Waals surface area contributed by atoms with Crippen LogP contribution in [0, 0.1) is 22.9 Å². The molecule has 0 aliphatic carbocycles. The second-order valence-corrected chi connectivity index (χ2v) is 5.60. The highest BCUT2D eigenvalue weighted by Crippen LogP contribution is 2.23. The fourth-order valence-electron chi connectivity index (χ4n) is 1.72. The SMILES string of the molecule is Cc1ccc([N+](=O)[O-])cc1NC(=O)CSc1ccc(F)cc1. The molecule has 22 heavy (non-hydrogen) atoms. The maximum Gasteiger partial charge on any atom is 0.271 e. The molecule has 114 valence electrons. The van der Waals surface area contributed by atoms with Crippen LogP contribution in [0.2, 0.25) is 0 Å². The molecule has 0 aliphatic heterocycles. The minimum Gasteiger partial charge on any atom is -0.325 e. The van der Waals surface area contributed by atoms with E-state index in [1.165, 1.54) is 36.0 Å². The van der Waals surface area contributed by atoms with E-state index in [0.29, 0.717) is 5.69 Å². The summed E-state index contributed by atoms with van der Waals surface area (Å²) in [6.45, 7) is 1.76. The molecule has 0 bridgehead atoms. The van der Waals surface area contributed by atoms with Gasteiger partial charge in [0.25, 0.3) is 5.69 Å². The summed E-state index contributed by atoms with van der Waals surface area (Å²) in [7, 11) is 0. The molecule has 0 aromatic heterocycles. The van der Waals surface area contributed by atoms with Gasteiger partial charge in [-0.15, -0.1) is 11.8 Å². The lowest BCUT2D eigenvalue weighted by molar-refractivity contribution is -0.384. The number of nitro groups is 1. The molecule has 7 heteroatoms. The van der Waals surface area contributed by atoms with Gasteiger partial charge in [0.05, 0.1) is 16.4 Å². The molecule has 2 rings (SSSR count). The molecule has 0 saturated heterocycles. The Bertz CT molecular complexity index is 704. The third-order valence-electron chi connectivity index (χ3n) is 2.89. The van der Waals surface area contributed by atoms with Gasteiger partial charge in [-0.2, -0.15) is 0 Å². The lowest BCUT2D eigenvalue weighted by Crippen LogP contribution is -2.15. The highest BCUT2D eigenvalue weighted by atomic mass is 32.2. The number of aryl methyl sites for hydroxylation is 1. The molecule has 0 atom stereocenters. The van der Waals surface area contributed by atoms with E-state index in [1.54, 1.807) is 25.1 Å².